The van der Waals surface area contributed by atoms with Crippen molar-refractivity contribution in [2.24, 2.45) is 5.92 Å². The van der Waals surface area contributed by atoms with Crippen LogP contribution >= 0.6 is 0 Å². The molecule has 208 valence electrons. The van der Waals surface area contributed by atoms with E-state index in [4.69, 9.17) is 9.47 Å². The zero-order chi connectivity index (χ0) is 27.8. The monoisotopic (exact) mass is 550 g/mol. The lowest BCUT2D eigenvalue weighted by atomic mass is 9.78. The van der Waals surface area contributed by atoms with Crippen molar-refractivity contribution < 1.29 is 40.9 Å². The number of hydrogen-bond donors (Lipinski definition) is 1. The predicted molar refractivity (Wildman–Crippen MR) is 132 cm³/mol. The van der Waals surface area contributed by atoms with E-state index < -0.39 is 47.1 Å². The maximum absolute atomic E-state index is 15.1. The van der Waals surface area contributed by atoms with Crippen molar-refractivity contribution in [3.8, 4) is 16.9 Å². The molecule has 3 aromatic carbocycles. The van der Waals surface area contributed by atoms with Crippen LogP contribution in [0.25, 0.3) is 11.1 Å². The summed E-state index contributed by atoms with van der Waals surface area (Å²) in [5.41, 5.74) is -0.625. The number of epoxide rings is 1. The molecule has 0 radical (unpaired) electrons. The Balaban J connectivity index is 1.23. The van der Waals surface area contributed by atoms with E-state index in [0.29, 0.717) is 25.7 Å². The average molecular weight is 551 g/mol. The molecule has 1 saturated heterocycles. The highest BCUT2D eigenvalue weighted by molar-refractivity contribution is 5.66. The summed E-state index contributed by atoms with van der Waals surface area (Å²) in [4.78, 5) is 0. The largest absolute Gasteiger partial charge is 0.490 e. The Bertz CT molecular complexity index is 1370. The molecule has 1 heterocycles. The minimum absolute atomic E-state index is 0.00262. The first-order valence-electron chi connectivity index (χ1n) is 13.1. The Hall–Kier alpha value is -3.04. The zero-order valence-corrected chi connectivity index (χ0v) is 21.3. The highest BCUT2D eigenvalue weighted by Crippen LogP contribution is 2.41. The van der Waals surface area contributed by atoms with E-state index in [1.807, 2.05) is 0 Å². The summed E-state index contributed by atoms with van der Waals surface area (Å²) < 4.78 is 98.4. The van der Waals surface area contributed by atoms with Gasteiger partial charge in [-0.1, -0.05) is 31.2 Å². The number of hydrogen-bond acceptors (Lipinski definition) is 3. The SMILES string of the molecule is CCC(O)c1ccc(OCC2CCC(c3ccc(-c4ccc(C5CO5)c(F)c4F)c(F)c3F)CC2)c(F)c1F. The number of rotatable bonds is 8. The molecular formula is C30H28F6O3. The normalized spacial score (nSPS) is 21.6. The number of aliphatic hydroxyl groups excluding tert-OH is 1. The van der Waals surface area contributed by atoms with E-state index in [1.165, 1.54) is 36.4 Å². The first kappa shape index (κ1) is 27.5. The first-order chi connectivity index (χ1) is 18.7. The third kappa shape index (κ3) is 5.39. The molecule has 0 spiro atoms. The molecule has 0 aromatic heterocycles. The van der Waals surface area contributed by atoms with Crippen molar-refractivity contribution in [2.45, 2.75) is 57.2 Å². The molecule has 2 atom stereocenters. The molecule has 1 N–H and O–H groups in total. The lowest BCUT2D eigenvalue weighted by molar-refractivity contribution is 0.165. The topological polar surface area (TPSA) is 42.0 Å². The van der Waals surface area contributed by atoms with Crippen molar-refractivity contribution in [3.05, 3.63) is 88.0 Å². The lowest BCUT2D eigenvalue weighted by Crippen LogP contribution is -2.20. The highest BCUT2D eigenvalue weighted by atomic mass is 19.2. The van der Waals surface area contributed by atoms with E-state index in [-0.39, 0.29) is 65.0 Å². The van der Waals surface area contributed by atoms with Gasteiger partial charge in [0.05, 0.1) is 19.3 Å². The molecule has 1 aliphatic carbocycles. The van der Waals surface area contributed by atoms with Gasteiger partial charge in [-0.15, -0.1) is 0 Å². The van der Waals surface area contributed by atoms with E-state index >= 15 is 8.78 Å². The molecule has 2 aliphatic rings. The summed E-state index contributed by atoms with van der Waals surface area (Å²) in [5.74, 6) is -7.52. The van der Waals surface area contributed by atoms with Crippen LogP contribution in [0.3, 0.4) is 0 Å². The van der Waals surface area contributed by atoms with Crippen LogP contribution in [-0.2, 0) is 4.74 Å². The van der Waals surface area contributed by atoms with E-state index in [9.17, 15) is 22.7 Å². The predicted octanol–water partition coefficient (Wildman–Crippen LogP) is 8.06. The Morgan fingerprint density at radius 2 is 1.36 bits per heavy atom. The van der Waals surface area contributed by atoms with Gasteiger partial charge < -0.3 is 14.6 Å². The summed E-state index contributed by atoms with van der Waals surface area (Å²) in [6.07, 6.45) is 0.836. The fraction of sp³-hybridized carbons (Fsp3) is 0.400. The summed E-state index contributed by atoms with van der Waals surface area (Å²) in [6, 6.07) is 7.82. The summed E-state index contributed by atoms with van der Waals surface area (Å²) in [5, 5.41) is 9.81. The Morgan fingerprint density at radius 3 is 1.95 bits per heavy atom. The second-order valence-electron chi connectivity index (χ2n) is 10.2. The minimum atomic E-state index is -1.25. The van der Waals surface area contributed by atoms with E-state index in [1.54, 1.807) is 6.92 Å². The minimum Gasteiger partial charge on any atom is -0.490 e. The standard InChI is InChI=1S/C30H28F6O3/c1-2-22(37)20-11-12-23(30(36)28(20)34)38-13-15-3-5-16(6-4-15)17-7-8-18(26(32)25(17)31)19-9-10-21(24-14-39-24)29(35)27(19)33/h7-12,15-16,22,24,37H,2-6,13-14H2,1H3. The quantitative estimate of drug-likeness (QED) is 0.228. The van der Waals surface area contributed by atoms with Gasteiger partial charge >= 0.3 is 0 Å². The average Bonchev–Trinajstić information content (AvgIpc) is 3.78. The molecule has 9 heteroatoms. The molecule has 3 aromatic rings. The zero-order valence-electron chi connectivity index (χ0n) is 21.3. The maximum Gasteiger partial charge on any atom is 0.200 e. The Kier molecular flexibility index (Phi) is 7.91. The molecule has 0 bridgehead atoms. The molecular weight excluding hydrogens is 522 g/mol. The third-order valence-electron chi connectivity index (χ3n) is 7.78. The number of ether oxygens (including phenoxy) is 2. The molecule has 2 unspecified atom stereocenters. The van der Waals surface area contributed by atoms with Gasteiger partial charge in [-0.25, -0.2) is 22.0 Å². The van der Waals surface area contributed by atoms with Gasteiger partial charge in [-0.3, -0.25) is 0 Å². The van der Waals surface area contributed by atoms with Gasteiger partial charge in [0.15, 0.2) is 34.8 Å². The molecule has 2 fully saturated rings. The molecule has 39 heavy (non-hydrogen) atoms. The number of benzene rings is 3. The summed E-state index contributed by atoms with van der Waals surface area (Å²) >= 11 is 0. The Morgan fingerprint density at radius 1 is 0.769 bits per heavy atom. The van der Waals surface area contributed by atoms with Gasteiger partial charge in [0.2, 0.25) is 5.82 Å². The number of halogens is 6. The second kappa shape index (κ2) is 11.2. The van der Waals surface area contributed by atoms with Crippen molar-refractivity contribution in [2.75, 3.05) is 13.2 Å². The van der Waals surface area contributed by atoms with Crippen LogP contribution in [0, 0.1) is 40.8 Å². The lowest BCUT2D eigenvalue weighted by Gasteiger charge is -2.29. The van der Waals surface area contributed by atoms with Crippen molar-refractivity contribution >= 4 is 0 Å². The van der Waals surface area contributed by atoms with Crippen LogP contribution in [0.15, 0.2) is 36.4 Å². The number of aliphatic hydroxyl groups is 1. The van der Waals surface area contributed by atoms with Crippen molar-refractivity contribution in [1.82, 2.24) is 0 Å². The third-order valence-corrected chi connectivity index (χ3v) is 7.78. The van der Waals surface area contributed by atoms with Crippen LogP contribution in [0.5, 0.6) is 5.75 Å². The van der Waals surface area contributed by atoms with Gasteiger partial charge in [-0.2, -0.15) is 4.39 Å². The highest BCUT2D eigenvalue weighted by Gasteiger charge is 2.32. The maximum atomic E-state index is 15.1. The molecule has 1 aliphatic heterocycles. The van der Waals surface area contributed by atoms with Gasteiger partial charge in [0.25, 0.3) is 0 Å². The van der Waals surface area contributed by atoms with Gasteiger partial charge in [-0.05, 0) is 61.6 Å². The first-order valence-corrected chi connectivity index (χ1v) is 13.1. The molecule has 0 amide bonds. The van der Waals surface area contributed by atoms with Crippen LogP contribution < -0.4 is 4.74 Å². The fourth-order valence-electron chi connectivity index (χ4n) is 5.32. The van der Waals surface area contributed by atoms with Crippen LogP contribution in [0.4, 0.5) is 26.3 Å². The second-order valence-corrected chi connectivity index (χ2v) is 10.2. The summed E-state index contributed by atoms with van der Waals surface area (Å²) in [7, 11) is 0. The molecule has 3 nitrogen and oxygen atoms in total. The smallest absolute Gasteiger partial charge is 0.200 e. The van der Waals surface area contributed by atoms with Crippen LogP contribution in [0.1, 0.15) is 73.8 Å². The fourth-order valence-corrected chi connectivity index (χ4v) is 5.32. The van der Waals surface area contributed by atoms with Crippen molar-refractivity contribution in [1.29, 1.82) is 0 Å². The molecule has 1 saturated carbocycles. The van der Waals surface area contributed by atoms with E-state index in [0.717, 1.165) is 0 Å². The Labute approximate surface area is 222 Å². The van der Waals surface area contributed by atoms with Crippen LogP contribution in [0.2, 0.25) is 0 Å². The van der Waals surface area contributed by atoms with Gasteiger partial charge in [0, 0.05) is 22.3 Å². The molecule has 5 rings (SSSR count). The van der Waals surface area contributed by atoms with Crippen molar-refractivity contribution in [3.63, 3.8) is 0 Å². The van der Waals surface area contributed by atoms with Crippen LogP contribution in [-0.4, -0.2) is 18.3 Å². The van der Waals surface area contributed by atoms with Gasteiger partial charge in [0.1, 0.15) is 6.10 Å². The summed E-state index contributed by atoms with van der Waals surface area (Å²) in [6.45, 7) is 2.07. The van der Waals surface area contributed by atoms with E-state index in [2.05, 4.69) is 0 Å².